The van der Waals surface area contributed by atoms with Gasteiger partial charge in [-0.15, -0.1) is 0 Å². The van der Waals surface area contributed by atoms with Crippen molar-refractivity contribution in [3.63, 3.8) is 0 Å². The first-order valence-electron chi connectivity index (χ1n) is 8.39. The summed E-state index contributed by atoms with van der Waals surface area (Å²) in [5.74, 6) is -1.09. The lowest BCUT2D eigenvalue weighted by Gasteiger charge is -2.42. The van der Waals surface area contributed by atoms with E-state index in [1.807, 2.05) is 0 Å². The molecule has 0 amide bonds. The van der Waals surface area contributed by atoms with Crippen molar-refractivity contribution in [2.24, 2.45) is 0 Å². The van der Waals surface area contributed by atoms with E-state index in [0.717, 1.165) is 0 Å². The predicted octanol–water partition coefficient (Wildman–Crippen LogP) is 1.72. The zero-order valence-electron chi connectivity index (χ0n) is 14.1. The van der Waals surface area contributed by atoms with Crippen molar-refractivity contribution in [2.75, 3.05) is 33.0 Å². The molecule has 1 N–H and O–H groups in total. The topological polar surface area (TPSA) is 93.1 Å². The minimum atomic E-state index is -3.84. The van der Waals surface area contributed by atoms with Crippen LogP contribution in [0.3, 0.4) is 0 Å². The number of morpholine rings is 1. The lowest BCUT2D eigenvalue weighted by Crippen LogP contribution is -2.59. The molecule has 2 fully saturated rings. The van der Waals surface area contributed by atoms with Gasteiger partial charge in [0.2, 0.25) is 10.0 Å². The first-order chi connectivity index (χ1) is 12.5. The van der Waals surface area contributed by atoms with Gasteiger partial charge in [-0.3, -0.25) is 0 Å². The Balaban J connectivity index is 1.89. The van der Waals surface area contributed by atoms with E-state index in [4.69, 9.17) is 9.47 Å². The second-order valence-corrected chi connectivity index (χ2v) is 8.45. The minimum Gasteiger partial charge on any atom is -0.478 e. The Labute approximate surface area is 151 Å². The molecule has 0 bridgehead atoms. The van der Waals surface area contributed by atoms with Gasteiger partial charge in [-0.2, -0.15) is 4.31 Å². The Kier molecular flexibility index (Phi) is 4.23. The highest BCUT2D eigenvalue weighted by Gasteiger charge is 2.49. The molecule has 0 saturated carbocycles. The molecule has 7 nitrogen and oxygen atoms in total. The molecule has 1 unspecified atom stereocenters. The summed E-state index contributed by atoms with van der Waals surface area (Å²) < 4.78 is 39.5. The normalized spacial score (nSPS) is 24.3. The average Bonchev–Trinajstić information content (AvgIpc) is 3.09. The minimum absolute atomic E-state index is 0.0837. The lowest BCUT2D eigenvalue weighted by atomic mass is 9.99. The molecule has 138 valence electrons. The van der Waals surface area contributed by atoms with Crippen molar-refractivity contribution in [1.82, 2.24) is 4.31 Å². The summed E-state index contributed by atoms with van der Waals surface area (Å²) in [7, 11) is -3.84. The Hall–Kier alpha value is -2.00. The molecule has 0 radical (unpaired) electrons. The number of benzene rings is 2. The van der Waals surface area contributed by atoms with Gasteiger partial charge >= 0.3 is 5.97 Å². The molecular weight excluding hydrogens is 358 g/mol. The molecule has 26 heavy (non-hydrogen) atoms. The number of rotatable bonds is 3. The van der Waals surface area contributed by atoms with E-state index in [0.29, 0.717) is 43.6 Å². The van der Waals surface area contributed by atoms with Gasteiger partial charge in [0.25, 0.3) is 0 Å². The van der Waals surface area contributed by atoms with E-state index >= 15 is 0 Å². The van der Waals surface area contributed by atoms with Crippen molar-refractivity contribution in [3.05, 3.63) is 42.0 Å². The van der Waals surface area contributed by atoms with Crippen LogP contribution in [0.4, 0.5) is 0 Å². The standard InChI is InChI=1S/C18H19NO6S/c20-17(21)15-5-1-4-14-13(15)3-2-6-16(14)26(22,23)19-8-10-25-12-18(19)7-9-24-11-18/h1-6H,7-12H2,(H,20,21). The fourth-order valence-electron chi connectivity index (χ4n) is 3.81. The zero-order valence-corrected chi connectivity index (χ0v) is 14.9. The number of carboxylic acid groups (broad SMARTS) is 1. The summed E-state index contributed by atoms with van der Waals surface area (Å²) in [4.78, 5) is 11.6. The number of ether oxygens (including phenoxy) is 2. The second-order valence-electron chi connectivity index (χ2n) is 6.62. The number of carbonyl (C=O) groups is 1. The van der Waals surface area contributed by atoms with Crippen LogP contribution in [0.15, 0.2) is 41.3 Å². The maximum absolute atomic E-state index is 13.5. The van der Waals surface area contributed by atoms with Gasteiger partial charge in [-0.25, -0.2) is 13.2 Å². The third-order valence-corrected chi connectivity index (χ3v) is 7.16. The average molecular weight is 377 g/mol. The van der Waals surface area contributed by atoms with Crippen molar-refractivity contribution in [3.8, 4) is 0 Å². The Morgan fingerprint density at radius 3 is 2.42 bits per heavy atom. The molecule has 2 aliphatic rings. The summed E-state index contributed by atoms with van der Waals surface area (Å²) in [6.07, 6.45) is 0.581. The first-order valence-corrected chi connectivity index (χ1v) is 9.83. The summed E-state index contributed by atoms with van der Waals surface area (Å²) >= 11 is 0. The molecule has 4 rings (SSSR count). The van der Waals surface area contributed by atoms with Crippen LogP contribution in [-0.4, -0.2) is 62.3 Å². The number of sulfonamides is 1. The van der Waals surface area contributed by atoms with Gasteiger partial charge in [0.15, 0.2) is 0 Å². The molecule has 2 aromatic rings. The van der Waals surface area contributed by atoms with Gasteiger partial charge in [0.05, 0.1) is 35.8 Å². The molecule has 1 spiro atoms. The molecule has 2 aliphatic heterocycles. The van der Waals surface area contributed by atoms with Gasteiger partial charge in [-0.05, 0) is 23.9 Å². The number of carboxylic acids is 1. The summed E-state index contributed by atoms with van der Waals surface area (Å²) in [5, 5.41) is 10.2. The van der Waals surface area contributed by atoms with E-state index < -0.39 is 21.5 Å². The fraction of sp³-hybridized carbons (Fsp3) is 0.389. The Bertz CT molecular complexity index is 965. The largest absolute Gasteiger partial charge is 0.478 e. The van der Waals surface area contributed by atoms with Crippen LogP contribution in [0.25, 0.3) is 10.8 Å². The van der Waals surface area contributed by atoms with E-state index in [2.05, 4.69) is 0 Å². The maximum atomic E-state index is 13.5. The van der Waals surface area contributed by atoms with E-state index in [1.165, 1.54) is 16.4 Å². The number of hydrogen-bond acceptors (Lipinski definition) is 5. The van der Waals surface area contributed by atoms with E-state index in [1.54, 1.807) is 24.3 Å². The highest BCUT2D eigenvalue weighted by atomic mass is 32.2. The quantitative estimate of drug-likeness (QED) is 0.875. The van der Waals surface area contributed by atoms with Crippen LogP contribution in [0.2, 0.25) is 0 Å². The van der Waals surface area contributed by atoms with E-state index in [-0.39, 0.29) is 17.0 Å². The molecule has 1 atom stereocenters. The van der Waals surface area contributed by atoms with Crippen LogP contribution in [-0.2, 0) is 19.5 Å². The number of hydrogen-bond donors (Lipinski definition) is 1. The van der Waals surface area contributed by atoms with Crippen LogP contribution in [0.5, 0.6) is 0 Å². The highest BCUT2D eigenvalue weighted by molar-refractivity contribution is 7.89. The SMILES string of the molecule is O=C(O)c1cccc2c(S(=O)(=O)N3CCOCC34CCOC4)cccc12. The fourth-order valence-corrected chi connectivity index (χ4v) is 5.78. The molecule has 2 aromatic carbocycles. The van der Waals surface area contributed by atoms with Crippen LogP contribution in [0.1, 0.15) is 16.8 Å². The monoisotopic (exact) mass is 377 g/mol. The van der Waals surface area contributed by atoms with Crippen molar-refractivity contribution in [2.45, 2.75) is 16.9 Å². The number of aromatic carboxylic acids is 1. The van der Waals surface area contributed by atoms with Gasteiger partial charge < -0.3 is 14.6 Å². The molecule has 0 aliphatic carbocycles. The lowest BCUT2D eigenvalue weighted by molar-refractivity contribution is -0.0292. The Morgan fingerprint density at radius 2 is 1.73 bits per heavy atom. The molecule has 8 heteroatoms. The van der Waals surface area contributed by atoms with E-state index in [9.17, 15) is 18.3 Å². The van der Waals surface area contributed by atoms with Gasteiger partial charge in [0.1, 0.15) is 0 Å². The van der Waals surface area contributed by atoms with Crippen molar-refractivity contribution < 1.29 is 27.8 Å². The van der Waals surface area contributed by atoms with Crippen LogP contribution < -0.4 is 0 Å². The second kappa shape index (κ2) is 6.31. The highest BCUT2D eigenvalue weighted by Crippen LogP contribution is 2.36. The Morgan fingerprint density at radius 1 is 1.04 bits per heavy atom. The first kappa shape index (κ1) is 17.4. The number of fused-ring (bicyclic) bond motifs is 1. The molecule has 2 heterocycles. The van der Waals surface area contributed by atoms with Crippen molar-refractivity contribution >= 4 is 26.8 Å². The molecule has 0 aromatic heterocycles. The summed E-state index contributed by atoms with van der Waals surface area (Å²) in [5.41, 5.74) is -0.607. The summed E-state index contributed by atoms with van der Waals surface area (Å²) in [6.45, 7) is 1.68. The third kappa shape index (κ3) is 2.61. The molecular formula is C18H19NO6S. The van der Waals surface area contributed by atoms with Crippen LogP contribution >= 0.6 is 0 Å². The van der Waals surface area contributed by atoms with Gasteiger partial charge in [0, 0.05) is 18.5 Å². The smallest absolute Gasteiger partial charge is 0.336 e. The number of nitrogens with zero attached hydrogens (tertiary/aromatic N) is 1. The summed E-state index contributed by atoms with van der Waals surface area (Å²) in [6, 6.07) is 9.43. The van der Waals surface area contributed by atoms with Crippen molar-refractivity contribution in [1.29, 1.82) is 0 Å². The zero-order chi connectivity index (χ0) is 18.4. The predicted molar refractivity (Wildman–Crippen MR) is 93.8 cm³/mol. The third-order valence-electron chi connectivity index (χ3n) is 5.10. The molecule has 2 saturated heterocycles. The van der Waals surface area contributed by atoms with Crippen LogP contribution in [0, 0.1) is 0 Å². The maximum Gasteiger partial charge on any atom is 0.336 e. The van der Waals surface area contributed by atoms with Gasteiger partial charge in [-0.1, -0.05) is 24.3 Å².